The standard InChI is InChI=1S/C25H23FN4O3/c1-2-10-29-24(31)21-22(27)18-5-3-4-17(23(18)30-25(21)32)19-13-16(6-7-20(19)26)33-14-15-8-11-28-12-9-15/h3-9,11-13H,2,10,14H2,1H3,(H,29,31)(H3,27,30,32). The van der Waals surface area contributed by atoms with Crippen LogP contribution >= 0.6 is 0 Å². The third-order valence-electron chi connectivity index (χ3n) is 5.24. The van der Waals surface area contributed by atoms with Gasteiger partial charge < -0.3 is 20.8 Å². The Morgan fingerprint density at radius 2 is 1.94 bits per heavy atom. The topological polar surface area (TPSA) is 110 Å². The summed E-state index contributed by atoms with van der Waals surface area (Å²) in [6.07, 6.45) is 4.06. The summed E-state index contributed by atoms with van der Waals surface area (Å²) >= 11 is 0. The van der Waals surface area contributed by atoms with E-state index in [1.54, 1.807) is 42.7 Å². The highest BCUT2D eigenvalue weighted by atomic mass is 19.1. The smallest absolute Gasteiger partial charge is 0.263 e. The van der Waals surface area contributed by atoms with Gasteiger partial charge in [-0.2, -0.15) is 0 Å². The molecule has 0 saturated heterocycles. The Labute approximate surface area is 189 Å². The summed E-state index contributed by atoms with van der Waals surface area (Å²) in [7, 11) is 0. The molecule has 0 spiro atoms. The number of aromatic amines is 1. The molecule has 0 fully saturated rings. The van der Waals surface area contributed by atoms with E-state index < -0.39 is 17.3 Å². The van der Waals surface area contributed by atoms with Gasteiger partial charge in [0.15, 0.2) is 0 Å². The molecule has 2 aromatic heterocycles. The summed E-state index contributed by atoms with van der Waals surface area (Å²) in [5.41, 5.74) is 7.43. The van der Waals surface area contributed by atoms with E-state index in [4.69, 9.17) is 10.5 Å². The van der Waals surface area contributed by atoms with Crippen molar-refractivity contribution in [1.29, 1.82) is 0 Å². The lowest BCUT2D eigenvalue weighted by molar-refractivity contribution is 0.0953. The Kier molecular flexibility index (Phi) is 6.35. The predicted octanol–water partition coefficient (Wildman–Crippen LogP) is 4.03. The Hall–Kier alpha value is -4.20. The van der Waals surface area contributed by atoms with Crippen LogP contribution < -0.4 is 21.3 Å². The number of nitrogens with two attached hydrogens (primary N) is 1. The molecule has 2 heterocycles. The molecule has 4 N–H and O–H groups in total. The van der Waals surface area contributed by atoms with Crippen LogP contribution in [0.4, 0.5) is 10.1 Å². The van der Waals surface area contributed by atoms with Crippen LogP contribution in [0.1, 0.15) is 29.3 Å². The summed E-state index contributed by atoms with van der Waals surface area (Å²) in [4.78, 5) is 31.9. The number of fused-ring (bicyclic) bond motifs is 1. The molecule has 0 aliphatic carbocycles. The van der Waals surface area contributed by atoms with Crippen molar-refractivity contribution in [1.82, 2.24) is 15.3 Å². The molecular weight excluding hydrogens is 423 g/mol. The molecule has 0 saturated carbocycles. The molecule has 0 unspecified atom stereocenters. The molecule has 0 atom stereocenters. The molecule has 8 heteroatoms. The molecule has 2 aromatic carbocycles. The maximum absolute atomic E-state index is 14.8. The second kappa shape index (κ2) is 9.52. The van der Waals surface area contributed by atoms with Gasteiger partial charge in [-0.15, -0.1) is 0 Å². The lowest BCUT2D eigenvalue weighted by atomic mass is 9.99. The summed E-state index contributed by atoms with van der Waals surface area (Å²) in [6, 6.07) is 13.1. The van der Waals surface area contributed by atoms with E-state index in [0.29, 0.717) is 35.4 Å². The summed E-state index contributed by atoms with van der Waals surface area (Å²) in [5.74, 6) is -0.561. The number of hydrogen-bond donors (Lipinski definition) is 3. The predicted molar refractivity (Wildman–Crippen MR) is 126 cm³/mol. The fourth-order valence-electron chi connectivity index (χ4n) is 3.57. The van der Waals surface area contributed by atoms with Crippen LogP contribution in [0.2, 0.25) is 0 Å². The van der Waals surface area contributed by atoms with Crippen LogP contribution in [-0.2, 0) is 6.61 Å². The van der Waals surface area contributed by atoms with Gasteiger partial charge in [-0.05, 0) is 42.3 Å². The Balaban J connectivity index is 1.75. The normalized spacial score (nSPS) is 10.8. The van der Waals surface area contributed by atoms with E-state index in [1.807, 2.05) is 19.1 Å². The van der Waals surface area contributed by atoms with Crippen LogP contribution in [-0.4, -0.2) is 22.4 Å². The fourth-order valence-corrected chi connectivity index (χ4v) is 3.57. The van der Waals surface area contributed by atoms with Crippen molar-refractivity contribution in [3.8, 4) is 16.9 Å². The highest BCUT2D eigenvalue weighted by Gasteiger charge is 2.20. The van der Waals surface area contributed by atoms with Crippen LogP contribution in [0.5, 0.6) is 5.75 Å². The van der Waals surface area contributed by atoms with Gasteiger partial charge in [0, 0.05) is 35.5 Å². The van der Waals surface area contributed by atoms with Crippen LogP contribution in [0.15, 0.2) is 65.7 Å². The minimum atomic E-state index is -0.633. The van der Waals surface area contributed by atoms with Gasteiger partial charge >= 0.3 is 0 Å². The minimum absolute atomic E-state index is 0.0507. The number of benzene rings is 2. The third kappa shape index (κ3) is 4.55. The number of nitrogen functional groups attached to an aromatic ring is 1. The van der Waals surface area contributed by atoms with Crippen molar-refractivity contribution in [2.45, 2.75) is 20.0 Å². The summed E-state index contributed by atoms with van der Waals surface area (Å²) in [5, 5.41) is 3.12. The SMILES string of the molecule is CCCNC(=O)c1c(N)c2cccc(-c3cc(OCc4ccncc4)ccc3F)c2[nH]c1=O. The highest BCUT2D eigenvalue weighted by molar-refractivity contribution is 6.08. The number of aromatic nitrogens is 2. The van der Waals surface area contributed by atoms with Gasteiger partial charge in [-0.3, -0.25) is 14.6 Å². The van der Waals surface area contributed by atoms with Crippen molar-refractivity contribution in [3.63, 3.8) is 0 Å². The third-order valence-corrected chi connectivity index (χ3v) is 5.24. The van der Waals surface area contributed by atoms with Gasteiger partial charge in [-0.1, -0.05) is 25.1 Å². The first-order chi connectivity index (χ1) is 16.0. The monoisotopic (exact) mass is 446 g/mol. The molecule has 0 aliphatic heterocycles. The van der Waals surface area contributed by atoms with Crippen molar-refractivity contribution < 1.29 is 13.9 Å². The summed E-state index contributed by atoms with van der Waals surface area (Å²) < 4.78 is 20.7. The lowest BCUT2D eigenvalue weighted by Gasteiger charge is -2.14. The maximum atomic E-state index is 14.8. The number of carbonyl (C=O) groups is 1. The second-order valence-electron chi connectivity index (χ2n) is 7.51. The molecule has 0 radical (unpaired) electrons. The van der Waals surface area contributed by atoms with Crippen LogP contribution in [0, 0.1) is 5.82 Å². The number of pyridine rings is 2. The van der Waals surface area contributed by atoms with Crippen LogP contribution in [0.25, 0.3) is 22.0 Å². The lowest BCUT2D eigenvalue weighted by Crippen LogP contribution is -2.31. The van der Waals surface area contributed by atoms with Crippen molar-refractivity contribution >= 4 is 22.5 Å². The molecule has 168 valence electrons. The van der Waals surface area contributed by atoms with Gasteiger partial charge in [0.05, 0.1) is 11.2 Å². The second-order valence-corrected chi connectivity index (χ2v) is 7.51. The number of carbonyl (C=O) groups excluding carboxylic acids is 1. The largest absolute Gasteiger partial charge is 0.489 e. The first-order valence-electron chi connectivity index (χ1n) is 10.5. The molecule has 33 heavy (non-hydrogen) atoms. The highest BCUT2D eigenvalue weighted by Crippen LogP contribution is 2.34. The quantitative estimate of drug-likeness (QED) is 0.397. The number of nitrogens with one attached hydrogen (secondary N) is 2. The zero-order valence-corrected chi connectivity index (χ0v) is 18.0. The average Bonchev–Trinajstić information content (AvgIpc) is 2.82. The molecule has 0 bridgehead atoms. The van der Waals surface area contributed by atoms with E-state index in [1.165, 1.54) is 6.07 Å². The summed E-state index contributed by atoms with van der Waals surface area (Å²) in [6.45, 7) is 2.63. The zero-order valence-electron chi connectivity index (χ0n) is 18.0. The number of nitrogens with zero attached hydrogens (tertiary/aromatic N) is 1. The Bertz CT molecular complexity index is 1370. The Morgan fingerprint density at radius 1 is 1.15 bits per heavy atom. The number of amides is 1. The van der Waals surface area contributed by atoms with Gasteiger partial charge in [0.25, 0.3) is 11.5 Å². The number of H-pyrrole nitrogens is 1. The number of para-hydroxylation sites is 1. The van der Waals surface area contributed by atoms with E-state index in [2.05, 4.69) is 15.3 Å². The van der Waals surface area contributed by atoms with E-state index >= 15 is 0 Å². The molecule has 4 aromatic rings. The van der Waals surface area contributed by atoms with Crippen molar-refractivity contribution in [2.24, 2.45) is 0 Å². The number of anilines is 1. The van der Waals surface area contributed by atoms with Gasteiger partial charge in [-0.25, -0.2) is 4.39 Å². The molecule has 0 aliphatic rings. The van der Waals surface area contributed by atoms with Gasteiger partial charge in [0.2, 0.25) is 0 Å². The zero-order chi connectivity index (χ0) is 23.4. The number of ether oxygens (including phenoxy) is 1. The minimum Gasteiger partial charge on any atom is -0.489 e. The average molecular weight is 446 g/mol. The first-order valence-corrected chi connectivity index (χ1v) is 10.5. The number of hydrogen-bond acceptors (Lipinski definition) is 5. The van der Waals surface area contributed by atoms with Gasteiger partial charge in [0.1, 0.15) is 23.7 Å². The van der Waals surface area contributed by atoms with E-state index in [-0.39, 0.29) is 16.8 Å². The molecule has 1 amide bonds. The van der Waals surface area contributed by atoms with Crippen molar-refractivity contribution in [2.75, 3.05) is 12.3 Å². The van der Waals surface area contributed by atoms with E-state index in [9.17, 15) is 14.0 Å². The fraction of sp³-hybridized carbons (Fsp3) is 0.160. The van der Waals surface area contributed by atoms with Crippen LogP contribution in [0.3, 0.4) is 0 Å². The maximum Gasteiger partial charge on any atom is 0.263 e. The molecule has 7 nitrogen and oxygen atoms in total. The van der Waals surface area contributed by atoms with Crippen molar-refractivity contribution in [3.05, 3.63) is 88.2 Å². The molecule has 4 rings (SSSR count). The Morgan fingerprint density at radius 3 is 2.70 bits per heavy atom. The first kappa shape index (κ1) is 22.0. The number of rotatable bonds is 7. The number of halogens is 1. The molecular formula is C25H23FN4O3. The van der Waals surface area contributed by atoms with E-state index in [0.717, 1.165) is 12.0 Å².